The Kier molecular flexibility index (Phi) is 17.7. The monoisotopic (exact) mass is 758 g/mol. The molecule has 0 aromatic heterocycles. The fourth-order valence-corrected chi connectivity index (χ4v) is 13.4. The van der Waals surface area contributed by atoms with Crippen LogP contribution in [0.3, 0.4) is 0 Å². The van der Waals surface area contributed by atoms with Crippen LogP contribution in [0.2, 0.25) is 18.1 Å². The third-order valence-electron chi connectivity index (χ3n) is 10.6. The van der Waals surface area contributed by atoms with E-state index in [4.69, 9.17) is 28.4 Å². The first-order valence-electron chi connectivity index (χ1n) is 19.2. The van der Waals surface area contributed by atoms with Crippen molar-refractivity contribution in [2.45, 2.75) is 81.3 Å². The van der Waals surface area contributed by atoms with Crippen molar-refractivity contribution in [1.82, 2.24) is 0 Å². The molecule has 0 heterocycles. The highest BCUT2D eigenvalue weighted by atomic mass is 28.2. The van der Waals surface area contributed by atoms with Crippen LogP contribution in [0.4, 0.5) is 0 Å². The van der Waals surface area contributed by atoms with E-state index in [0.717, 1.165) is 34.5 Å². The van der Waals surface area contributed by atoms with Crippen LogP contribution in [-0.2, 0) is 5.41 Å². The molecule has 0 spiro atoms. The zero-order valence-electron chi connectivity index (χ0n) is 32.6. The van der Waals surface area contributed by atoms with Crippen LogP contribution in [0.25, 0.3) is 0 Å². The van der Waals surface area contributed by atoms with E-state index in [1.165, 1.54) is 97.0 Å². The molecular formula is C43H62O6Si3. The molecule has 6 nitrogen and oxygen atoms in total. The van der Waals surface area contributed by atoms with Crippen molar-refractivity contribution >= 4 is 44.1 Å². The van der Waals surface area contributed by atoms with Crippen molar-refractivity contribution in [1.29, 1.82) is 0 Å². The van der Waals surface area contributed by atoms with Crippen LogP contribution in [0.5, 0.6) is 34.5 Å². The van der Waals surface area contributed by atoms with Gasteiger partial charge in [-0.25, -0.2) is 0 Å². The fraction of sp³-hybridized carbons (Fsp3) is 0.442. The Labute approximate surface area is 320 Å². The number of unbranched alkanes of at least 4 members (excludes halogenated alkanes) is 3. The number of hydrogen-bond acceptors (Lipinski definition) is 6. The minimum absolute atomic E-state index is 0.195. The first kappa shape index (κ1) is 41.1. The Bertz CT molecular complexity index is 1460. The molecule has 0 aliphatic rings. The zero-order valence-corrected chi connectivity index (χ0v) is 36.9. The predicted octanol–water partition coefficient (Wildman–Crippen LogP) is 6.22. The molecule has 4 rings (SSSR count). The molecule has 0 aliphatic heterocycles. The Morgan fingerprint density at radius 2 is 0.731 bits per heavy atom. The molecule has 282 valence electrons. The second-order valence-electron chi connectivity index (χ2n) is 13.8. The van der Waals surface area contributed by atoms with E-state index in [2.05, 4.69) is 66.7 Å². The van der Waals surface area contributed by atoms with Crippen LogP contribution in [-0.4, -0.2) is 71.2 Å². The molecule has 0 N–H and O–H groups in total. The SMILES string of the molecule is COc1cccc([SiH2]CCCCC(CCCC[SiH2]c2cccc(OC)c2OC)(CCCC[SiH2]c2cccc(OC)c2OC)c2ccccc2)c1OC. The summed E-state index contributed by atoms with van der Waals surface area (Å²) in [5, 5.41) is 4.10. The summed E-state index contributed by atoms with van der Waals surface area (Å²) in [6.07, 6.45) is 11.2. The molecule has 0 aliphatic carbocycles. The average molecular weight is 759 g/mol. The highest BCUT2D eigenvalue weighted by molar-refractivity contribution is 6.55. The van der Waals surface area contributed by atoms with Gasteiger partial charge >= 0.3 is 0 Å². The molecule has 0 amide bonds. The summed E-state index contributed by atoms with van der Waals surface area (Å²) in [7, 11) is 9.07. The molecule has 9 heteroatoms. The summed E-state index contributed by atoms with van der Waals surface area (Å²) in [6.45, 7) is 0. The maximum Gasteiger partial charge on any atom is 0.160 e. The van der Waals surface area contributed by atoms with E-state index >= 15 is 0 Å². The number of hydrogen-bond donors (Lipinski definition) is 0. The summed E-state index contributed by atoms with van der Waals surface area (Å²) in [6, 6.07) is 34.3. The van der Waals surface area contributed by atoms with Gasteiger partial charge in [0, 0.05) is 0 Å². The van der Waals surface area contributed by atoms with Gasteiger partial charge < -0.3 is 28.4 Å². The van der Waals surface area contributed by atoms with Gasteiger partial charge in [-0.05, 0) is 64.0 Å². The van der Waals surface area contributed by atoms with Crippen molar-refractivity contribution in [3.8, 4) is 34.5 Å². The normalized spacial score (nSPS) is 12.9. The number of rotatable bonds is 25. The highest BCUT2D eigenvalue weighted by Crippen LogP contribution is 2.41. The largest absolute Gasteiger partial charge is 0.493 e. The van der Waals surface area contributed by atoms with Gasteiger partial charge in [-0.1, -0.05) is 123 Å². The van der Waals surface area contributed by atoms with Gasteiger partial charge in [0.25, 0.3) is 0 Å². The topological polar surface area (TPSA) is 55.4 Å². The highest BCUT2D eigenvalue weighted by Gasteiger charge is 2.31. The Morgan fingerprint density at radius 3 is 1.04 bits per heavy atom. The minimum Gasteiger partial charge on any atom is -0.493 e. The summed E-state index contributed by atoms with van der Waals surface area (Å²) >= 11 is 0. The molecule has 0 saturated carbocycles. The summed E-state index contributed by atoms with van der Waals surface area (Å²) in [4.78, 5) is 0. The molecule has 52 heavy (non-hydrogen) atoms. The fourth-order valence-electron chi connectivity index (χ4n) is 7.92. The molecule has 0 fully saturated rings. The second-order valence-corrected chi connectivity index (χ2v) is 19.7. The van der Waals surface area contributed by atoms with E-state index in [0.29, 0.717) is 0 Å². The van der Waals surface area contributed by atoms with Crippen molar-refractivity contribution < 1.29 is 28.4 Å². The van der Waals surface area contributed by atoms with Crippen LogP contribution in [0, 0.1) is 0 Å². The second kappa shape index (κ2) is 22.4. The van der Waals surface area contributed by atoms with Gasteiger partial charge in [0.1, 0.15) is 0 Å². The number of para-hydroxylation sites is 3. The molecule has 4 aromatic carbocycles. The molecular weight excluding hydrogens is 697 g/mol. The lowest BCUT2D eigenvalue weighted by Gasteiger charge is -2.35. The van der Waals surface area contributed by atoms with Crippen LogP contribution >= 0.6 is 0 Å². The van der Waals surface area contributed by atoms with Gasteiger partial charge in [0.05, 0.1) is 71.2 Å². The van der Waals surface area contributed by atoms with Gasteiger partial charge in [-0.3, -0.25) is 0 Å². The molecule has 4 aromatic rings. The standard InChI is InChI=1S/C43H62O6Si3/c1-44-34-21-16-24-37(40(34)47-4)50-30-13-10-27-43(33-19-8-7-9-20-33,28-11-14-31-51-38-25-17-22-35(45-2)41(38)48-5)29-12-15-32-52-39-26-18-23-36(46-3)42(39)49-6/h7-9,16-26H,10-15,27-32,50-52H2,1-6H3. The summed E-state index contributed by atoms with van der Waals surface area (Å²) < 4.78 is 34.0. The smallest absolute Gasteiger partial charge is 0.160 e. The van der Waals surface area contributed by atoms with E-state index in [1.54, 1.807) is 42.7 Å². The predicted molar refractivity (Wildman–Crippen MR) is 227 cm³/mol. The van der Waals surface area contributed by atoms with Crippen LogP contribution in [0.15, 0.2) is 84.9 Å². The lowest BCUT2D eigenvalue weighted by Crippen LogP contribution is -2.27. The van der Waals surface area contributed by atoms with E-state index in [-0.39, 0.29) is 5.41 Å². The lowest BCUT2D eigenvalue weighted by molar-refractivity contribution is 0.309. The Balaban J connectivity index is 1.43. The maximum absolute atomic E-state index is 5.76. The summed E-state index contributed by atoms with van der Waals surface area (Å²) in [5.74, 6) is 5.32. The van der Waals surface area contributed by atoms with Gasteiger partial charge in [0.15, 0.2) is 34.5 Å². The van der Waals surface area contributed by atoms with Crippen molar-refractivity contribution in [2.75, 3.05) is 42.7 Å². The lowest BCUT2D eigenvalue weighted by atomic mass is 9.69. The van der Waals surface area contributed by atoms with Gasteiger partial charge in [0.2, 0.25) is 0 Å². The maximum atomic E-state index is 5.76. The minimum atomic E-state index is -0.461. The molecule has 0 atom stereocenters. The van der Waals surface area contributed by atoms with Gasteiger partial charge in [-0.15, -0.1) is 0 Å². The third-order valence-corrected chi connectivity index (χ3v) is 16.5. The van der Waals surface area contributed by atoms with Crippen molar-refractivity contribution in [3.05, 3.63) is 90.5 Å². The zero-order chi connectivity index (χ0) is 37.0. The quantitative estimate of drug-likeness (QED) is 0.0591. The van der Waals surface area contributed by atoms with E-state index < -0.39 is 28.6 Å². The molecule has 0 bridgehead atoms. The Hall–Kier alpha value is -3.67. The molecule has 0 radical (unpaired) electrons. The van der Waals surface area contributed by atoms with Crippen molar-refractivity contribution in [2.24, 2.45) is 0 Å². The average Bonchev–Trinajstić information content (AvgIpc) is 3.19. The van der Waals surface area contributed by atoms with Gasteiger partial charge in [-0.2, -0.15) is 0 Å². The van der Waals surface area contributed by atoms with Crippen LogP contribution in [0.1, 0.15) is 63.4 Å². The molecule has 0 saturated heterocycles. The van der Waals surface area contributed by atoms with E-state index in [1.807, 2.05) is 18.2 Å². The number of ether oxygens (including phenoxy) is 6. The third kappa shape index (κ3) is 11.4. The first-order valence-corrected chi connectivity index (χ1v) is 24.3. The Morgan fingerprint density at radius 1 is 0.385 bits per heavy atom. The van der Waals surface area contributed by atoms with Crippen molar-refractivity contribution in [3.63, 3.8) is 0 Å². The number of methoxy groups -OCH3 is 6. The first-order chi connectivity index (χ1) is 25.5. The summed E-state index contributed by atoms with van der Waals surface area (Å²) in [5.41, 5.74) is 1.72. The molecule has 0 unspecified atom stereocenters. The van der Waals surface area contributed by atoms with Crippen LogP contribution < -0.4 is 44.0 Å². The number of benzene rings is 4. The van der Waals surface area contributed by atoms with E-state index in [9.17, 15) is 0 Å².